The molecule has 0 aliphatic heterocycles. The molecule has 18 heavy (non-hydrogen) atoms. The molecule has 0 spiro atoms. The Kier molecular flexibility index (Phi) is 3.79. The third-order valence-corrected chi connectivity index (χ3v) is 2.97. The predicted molar refractivity (Wildman–Crippen MR) is 79.6 cm³/mol. The van der Waals surface area contributed by atoms with Gasteiger partial charge in [-0.25, -0.2) is 0 Å². The van der Waals surface area contributed by atoms with Crippen molar-refractivity contribution in [1.82, 2.24) is 4.98 Å². The van der Waals surface area contributed by atoms with Crippen molar-refractivity contribution in [3.63, 3.8) is 0 Å². The lowest BCUT2D eigenvalue weighted by Gasteiger charge is -2.12. The summed E-state index contributed by atoms with van der Waals surface area (Å²) in [5.74, 6) is 0. The molecule has 3 N–H and O–H groups in total. The Hall–Kier alpha value is -1.65. The highest BCUT2D eigenvalue weighted by Crippen LogP contribution is 2.26. The van der Waals surface area contributed by atoms with E-state index in [1.54, 1.807) is 12.3 Å². The van der Waals surface area contributed by atoms with Crippen LogP contribution in [0, 0.1) is 6.92 Å². The molecular weight excluding hydrogens is 266 g/mol. The number of pyridine rings is 1. The van der Waals surface area contributed by atoms with Gasteiger partial charge < -0.3 is 11.1 Å². The number of nitrogens with two attached hydrogens (primary N) is 1. The van der Waals surface area contributed by atoms with Gasteiger partial charge in [0.15, 0.2) is 0 Å². The summed E-state index contributed by atoms with van der Waals surface area (Å²) in [4.78, 5) is 4.48. The normalized spacial score (nSPS) is 10.1. The van der Waals surface area contributed by atoms with Crippen LogP contribution in [0.3, 0.4) is 0 Å². The number of rotatable bonds is 3. The zero-order chi connectivity index (χ0) is 13.1. The summed E-state index contributed by atoms with van der Waals surface area (Å²) in [5, 5.41) is 3.74. The molecule has 1 aromatic heterocycles. The molecule has 5 heteroatoms. The minimum Gasteiger partial charge on any atom is -0.389 e. The number of hydrogen-bond acceptors (Lipinski definition) is 3. The third-order valence-electron chi connectivity index (χ3n) is 2.45. The molecule has 92 valence electrons. The van der Waals surface area contributed by atoms with E-state index in [1.807, 2.05) is 31.2 Å². The highest BCUT2D eigenvalue weighted by atomic mass is 35.5. The molecule has 2 rings (SSSR count). The van der Waals surface area contributed by atoms with Gasteiger partial charge in [0.05, 0.1) is 28.2 Å². The lowest BCUT2D eigenvalue weighted by molar-refractivity contribution is 1.20. The molecule has 2 aromatic rings. The standard InChI is InChI=1S/C13H12ClN3S/c1-8-5-6-9(7-16-8)17-11-4-2-3-10(14)12(11)13(15)18/h2-7,17H,1H3,(H2,15,18). The number of nitrogens with zero attached hydrogens (tertiary/aromatic N) is 1. The first-order chi connectivity index (χ1) is 8.58. The van der Waals surface area contributed by atoms with Gasteiger partial charge in [-0.15, -0.1) is 0 Å². The van der Waals surface area contributed by atoms with E-state index in [4.69, 9.17) is 29.6 Å². The quantitative estimate of drug-likeness (QED) is 0.844. The van der Waals surface area contributed by atoms with E-state index in [-0.39, 0.29) is 4.99 Å². The summed E-state index contributed by atoms with van der Waals surface area (Å²) >= 11 is 11.1. The van der Waals surface area contributed by atoms with E-state index >= 15 is 0 Å². The summed E-state index contributed by atoms with van der Waals surface area (Å²) in [6.07, 6.45) is 1.75. The minimum atomic E-state index is 0.267. The first-order valence-corrected chi connectivity index (χ1v) is 6.14. The Morgan fingerprint density at radius 1 is 1.33 bits per heavy atom. The monoisotopic (exact) mass is 277 g/mol. The van der Waals surface area contributed by atoms with Crippen LogP contribution in [0.15, 0.2) is 36.5 Å². The largest absolute Gasteiger partial charge is 0.389 e. The second-order valence-corrected chi connectivity index (χ2v) is 4.69. The van der Waals surface area contributed by atoms with Crippen molar-refractivity contribution in [1.29, 1.82) is 0 Å². The van der Waals surface area contributed by atoms with Gasteiger partial charge in [-0.3, -0.25) is 4.98 Å². The van der Waals surface area contributed by atoms with Gasteiger partial charge in [-0.2, -0.15) is 0 Å². The highest BCUT2D eigenvalue weighted by molar-refractivity contribution is 7.80. The number of aromatic nitrogens is 1. The maximum absolute atomic E-state index is 6.09. The Balaban J connectivity index is 2.37. The molecule has 0 aliphatic rings. The zero-order valence-electron chi connectivity index (χ0n) is 9.77. The maximum atomic E-state index is 6.09. The summed E-state index contributed by atoms with van der Waals surface area (Å²) in [6.45, 7) is 1.93. The van der Waals surface area contributed by atoms with E-state index in [1.165, 1.54) is 0 Å². The first-order valence-electron chi connectivity index (χ1n) is 5.36. The highest BCUT2D eigenvalue weighted by Gasteiger charge is 2.09. The molecular formula is C13H12ClN3S. The fraction of sp³-hybridized carbons (Fsp3) is 0.0769. The van der Waals surface area contributed by atoms with Crippen molar-refractivity contribution in [2.75, 3.05) is 5.32 Å². The molecule has 0 saturated heterocycles. The van der Waals surface area contributed by atoms with E-state index in [0.29, 0.717) is 10.6 Å². The van der Waals surface area contributed by atoms with Gasteiger partial charge in [-0.1, -0.05) is 29.9 Å². The van der Waals surface area contributed by atoms with Crippen LogP contribution in [0.4, 0.5) is 11.4 Å². The summed E-state index contributed by atoms with van der Waals surface area (Å²) in [5.41, 5.74) is 8.93. The average molecular weight is 278 g/mol. The van der Waals surface area contributed by atoms with Crippen LogP contribution >= 0.6 is 23.8 Å². The number of thiocarbonyl (C=S) groups is 1. The van der Waals surface area contributed by atoms with Crippen molar-refractivity contribution in [2.24, 2.45) is 5.73 Å². The van der Waals surface area contributed by atoms with Gasteiger partial charge in [-0.05, 0) is 31.2 Å². The number of hydrogen-bond donors (Lipinski definition) is 2. The number of nitrogens with one attached hydrogen (secondary N) is 1. The van der Waals surface area contributed by atoms with Crippen molar-refractivity contribution in [3.8, 4) is 0 Å². The SMILES string of the molecule is Cc1ccc(Nc2cccc(Cl)c2C(N)=S)cn1. The fourth-order valence-electron chi connectivity index (χ4n) is 1.58. The number of benzene rings is 1. The molecule has 1 aromatic carbocycles. The van der Waals surface area contributed by atoms with Crippen molar-refractivity contribution in [2.45, 2.75) is 6.92 Å². The Morgan fingerprint density at radius 3 is 2.72 bits per heavy atom. The second-order valence-electron chi connectivity index (χ2n) is 3.84. The minimum absolute atomic E-state index is 0.267. The molecule has 1 heterocycles. The van der Waals surface area contributed by atoms with Gasteiger partial charge >= 0.3 is 0 Å². The molecule has 0 fully saturated rings. The van der Waals surface area contributed by atoms with Gasteiger partial charge in [0.25, 0.3) is 0 Å². The van der Waals surface area contributed by atoms with Crippen LogP contribution < -0.4 is 11.1 Å². The number of anilines is 2. The van der Waals surface area contributed by atoms with E-state index in [9.17, 15) is 0 Å². The van der Waals surface area contributed by atoms with Gasteiger partial charge in [0.2, 0.25) is 0 Å². The molecule has 0 radical (unpaired) electrons. The molecule has 0 bridgehead atoms. The molecule has 0 unspecified atom stereocenters. The average Bonchev–Trinajstić information content (AvgIpc) is 2.32. The van der Waals surface area contributed by atoms with Crippen LogP contribution in [0.2, 0.25) is 5.02 Å². The molecule has 0 amide bonds. The van der Waals surface area contributed by atoms with Crippen molar-refractivity contribution in [3.05, 3.63) is 52.8 Å². The summed E-state index contributed by atoms with van der Waals surface area (Å²) in [7, 11) is 0. The van der Waals surface area contributed by atoms with Gasteiger partial charge in [0, 0.05) is 5.69 Å². The lowest BCUT2D eigenvalue weighted by atomic mass is 10.1. The number of aryl methyl sites for hydroxylation is 1. The van der Waals surface area contributed by atoms with Gasteiger partial charge in [0.1, 0.15) is 4.99 Å². The molecule has 0 aliphatic carbocycles. The molecule has 0 saturated carbocycles. The summed E-state index contributed by atoms with van der Waals surface area (Å²) in [6, 6.07) is 9.34. The lowest BCUT2D eigenvalue weighted by Crippen LogP contribution is -2.12. The topological polar surface area (TPSA) is 50.9 Å². The second kappa shape index (κ2) is 5.33. The van der Waals surface area contributed by atoms with Crippen molar-refractivity contribution >= 4 is 40.2 Å². The smallest absolute Gasteiger partial charge is 0.107 e. The van der Waals surface area contributed by atoms with E-state index in [0.717, 1.165) is 17.1 Å². The molecule has 3 nitrogen and oxygen atoms in total. The number of halogens is 1. The Morgan fingerprint density at radius 2 is 2.11 bits per heavy atom. The van der Waals surface area contributed by atoms with Crippen LogP contribution in [-0.4, -0.2) is 9.97 Å². The Labute approximate surface area is 116 Å². The van der Waals surface area contributed by atoms with E-state index in [2.05, 4.69) is 10.3 Å². The maximum Gasteiger partial charge on any atom is 0.107 e. The fourth-order valence-corrected chi connectivity index (χ4v) is 2.13. The Bertz CT molecular complexity index is 581. The van der Waals surface area contributed by atoms with Crippen molar-refractivity contribution < 1.29 is 0 Å². The van der Waals surface area contributed by atoms with Crippen LogP contribution in [-0.2, 0) is 0 Å². The van der Waals surface area contributed by atoms with Crippen LogP contribution in [0.25, 0.3) is 0 Å². The third kappa shape index (κ3) is 2.78. The van der Waals surface area contributed by atoms with E-state index < -0.39 is 0 Å². The molecule has 0 atom stereocenters. The summed E-state index contributed by atoms with van der Waals surface area (Å²) < 4.78 is 0. The first kappa shape index (κ1) is 12.8. The van der Waals surface area contributed by atoms with Crippen LogP contribution in [0.1, 0.15) is 11.3 Å². The van der Waals surface area contributed by atoms with Crippen LogP contribution in [0.5, 0.6) is 0 Å². The zero-order valence-corrected chi connectivity index (χ0v) is 11.3. The predicted octanol–water partition coefficient (Wildman–Crippen LogP) is 3.42.